The number of pyridine rings is 1. The maximum Gasteiger partial charge on any atom is 0.319 e. The number of aliphatic hydroxyl groups excluding tert-OH is 1. The second-order valence-electron chi connectivity index (χ2n) is 6.51. The Balaban J connectivity index is 2.00. The zero-order chi connectivity index (χ0) is 17.6. The molecule has 0 saturated heterocycles. The summed E-state index contributed by atoms with van der Waals surface area (Å²) in [6.45, 7) is 5.74. The molecule has 2 aromatic rings. The highest BCUT2D eigenvalue weighted by atomic mass is 16.5. The van der Waals surface area contributed by atoms with Crippen LogP contribution in [0, 0.1) is 5.41 Å². The Labute approximate surface area is 141 Å². The molecule has 3 N–H and O–H groups in total. The molecule has 1 heterocycles. The number of rotatable bonds is 5. The van der Waals surface area contributed by atoms with Crippen LogP contribution >= 0.6 is 0 Å². The largest absolute Gasteiger partial charge is 0.457 e. The first kappa shape index (κ1) is 17.7. The Morgan fingerprint density at radius 1 is 1.21 bits per heavy atom. The lowest BCUT2D eigenvalue weighted by atomic mass is 9.87. The predicted octanol–water partition coefficient (Wildman–Crippen LogP) is 3.40. The number of carbonyl (C=O) groups excluding carboxylic acids is 1. The quantitative estimate of drug-likeness (QED) is 0.785. The van der Waals surface area contributed by atoms with Crippen LogP contribution < -0.4 is 15.4 Å². The number of carbonyl (C=O) groups is 1. The first-order valence-corrected chi connectivity index (χ1v) is 7.75. The lowest BCUT2D eigenvalue weighted by Crippen LogP contribution is -2.47. The molecule has 0 radical (unpaired) electrons. The van der Waals surface area contributed by atoms with Gasteiger partial charge in [0.1, 0.15) is 11.5 Å². The Hall–Kier alpha value is -2.60. The van der Waals surface area contributed by atoms with Gasteiger partial charge in [0.2, 0.25) is 0 Å². The van der Waals surface area contributed by atoms with E-state index in [1.165, 1.54) is 0 Å². The van der Waals surface area contributed by atoms with E-state index in [-0.39, 0.29) is 24.1 Å². The number of hydrogen-bond donors (Lipinski definition) is 3. The van der Waals surface area contributed by atoms with Gasteiger partial charge in [0.05, 0.1) is 12.6 Å². The number of nitrogens with one attached hydrogen (secondary N) is 2. The minimum atomic E-state index is -0.370. The summed E-state index contributed by atoms with van der Waals surface area (Å²) in [6.07, 6.45) is 3.29. The van der Waals surface area contributed by atoms with Gasteiger partial charge in [0.25, 0.3) is 0 Å². The van der Waals surface area contributed by atoms with E-state index in [4.69, 9.17) is 4.74 Å². The average Bonchev–Trinajstić information content (AvgIpc) is 2.53. The maximum absolute atomic E-state index is 12.1. The fraction of sp³-hybridized carbons (Fsp3) is 0.333. The van der Waals surface area contributed by atoms with Crippen molar-refractivity contribution < 1.29 is 14.6 Å². The predicted molar refractivity (Wildman–Crippen MR) is 93.2 cm³/mol. The van der Waals surface area contributed by atoms with Gasteiger partial charge in [-0.3, -0.25) is 4.98 Å². The van der Waals surface area contributed by atoms with Crippen molar-refractivity contribution in [1.29, 1.82) is 0 Å². The van der Waals surface area contributed by atoms with E-state index in [2.05, 4.69) is 15.6 Å². The van der Waals surface area contributed by atoms with Gasteiger partial charge < -0.3 is 20.5 Å². The summed E-state index contributed by atoms with van der Waals surface area (Å²) < 4.78 is 5.71. The Kier molecular flexibility index (Phi) is 5.76. The smallest absolute Gasteiger partial charge is 0.319 e. The number of aromatic nitrogens is 1. The molecule has 2 amide bonds. The van der Waals surface area contributed by atoms with Gasteiger partial charge in [0, 0.05) is 24.1 Å². The summed E-state index contributed by atoms with van der Waals surface area (Å²) in [4.78, 5) is 16.0. The van der Waals surface area contributed by atoms with Crippen molar-refractivity contribution in [2.75, 3.05) is 11.9 Å². The van der Waals surface area contributed by atoms with Crippen LogP contribution in [-0.4, -0.2) is 28.8 Å². The van der Waals surface area contributed by atoms with E-state index < -0.39 is 0 Å². The van der Waals surface area contributed by atoms with E-state index in [0.29, 0.717) is 17.2 Å². The number of aliphatic hydroxyl groups is 1. The van der Waals surface area contributed by atoms with Gasteiger partial charge in [-0.25, -0.2) is 4.79 Å². The molecule has 1 atom stereocenters. The molecule has 2 rings (SSSR count). The number of nitrogens with zero attached hydrogens (tertiary/aromatic N) is 1. The zero-order valence-corrected chi connectivity index (χ0v) is 14.1. The molecule has 6 nitrogen and oxygen atoms in total. The maximum atomic E-state index is 12.1. The molecule has 1 aromatic heterocycles. The molecule has 1 unspecified atom stereocenters. The van der Waals surface area contributed by atoms with Crippen molar-refractivity contribution in [2.24, 2.45) is 5.41 Å². The molecular formula is C18H23N3O3. The molecule has 0 saturated carbocycles. The van der Waals surface area contributed by atoms with Gasteiger partial charge in [0.15, 0.2) is 0 Å². The average molecular weight is 329 g/mol. The third-order valence-corrected chi connectivity index (χ3v) is 3.51. The Morgan fingerprint density at radius 2 is 1.92 bits per heavy atom. The van der Waals surface area contributed by atoms with Gasteiger partial charge >= 0.3 is 6.03 Å². The SMILES string of the molecule is CC(C)(C)C(CO)NC(=O)Nc1cccc(Oc2ccncc2)c1. The van der Waals surface area contributed by atoms with Gasteiger partial charge in [-0.05, 0) is 29.7 Å². The van der Waals surface area contributed by atoms with Gasteiger partial charge in [-0.1, -0.05) is 26.8 Å². The Morgan fingerprint density at radius 3 is 2.54 bits per heavy atom. The molecule has 6 heteroatoms. The van der Waals surface area contributed by atoms with Crippen LogP contribution in [0.2, 0.25) is 0 Å². The first-order valence-electron chi connectivity index (χ1n) is 7.75. The molecule has 0 bridgehead atoms. The highest BCUT2D eigenvalue weighted by Crippen LogP contribution is 2.24. The molecule has 0 spiro atoms. The molecule has 128 valence electrons. The minimum absolute atomic E-state index is 0.123. The summed E-state index contributed by atoms with van der Waals surface area (Å²) in [5.74, 6) is 1.27. The van der Waals surface area contributed by atoms with Crippen molar-refractivity contribution in [1.82, 2.24) is 10.3 Å². The number of hydrogen-bond acceptors (Lipinski definition) is 4. The number of benzene rings is 1. The van der Waals surface area contributed by atoms with E-state index in [1.807, 2.05) is 20.8 Å². The summed E-state index contributed by atoms with van der Waals surface area (Å²) in [7, 11) is 0. The van der Waals surface area contributed by atoms with E-state index in [9.17, 15) is 9.90 Å². The van der Waals surface area contributed by atoms with E-state index in [1.54, 1.807) is 48.8 Å². The normalized spacial score (nSPS) is 12.3. The van der Waals surface area contributed by atoms with Crippen LogP contribution in [0.25, 0.3) is 0 Å². The monoisotopic (exact) mass is 329 g/mol. The molecule has 1 aromatic carbocycles. The van der Waals surface area contributed by atoms with Crippen LogP contribution in [0.5, 0.6) is 11.5 Å². The van der Waals surface area contributed by atoms with Crippen LogP contribution in [0.15, 0.2) is 48.8 Å². The third kappa shape index (κ3) is 5.24. The highest BCUT2D eigenvalue weighted by molar-refractivity contribution is 5.89. The molecule has 0 aliphatic rings. The summed E-state index contributed by atoms with van der Waals surface area (Å²) >= 11 is 0. The van der Waals surface area contributed by atoms with Crippen LogP contribution in [-0.2, 0) is 0 Å². The second-order valence-corrected chi connectivity index (χ2v) is 6.51. The third-order valence-electron chi connectivity index (χ3n) is 3.51. The van der Waals surface area contributed by atoms with Gasteiger partial charge in [-0.15, -0.1) is 0 Å². The van der Waals surface area contributed by atoms with E-state index in [0.717, 1.165) is 0 Å². The van der Waals surface area contributed by atoms with Crippen molar-refractivity contribution in [3.05, 3.63) is 48.8 Å². The van der Waals surface area contributed by atoms with Crippen molar-refractivity contribution in [3.8, 4) is 11.5 Å². The van der Waals surface area contributed by atoms with Crippen LogP contribution in [0.4, 0.5) is 10.5 Å². The zero-order valence-electron chi connectivity index (χ0n) is 14.1. The standard InChI is InChI=1S/C18H23N3O3/c1-18(2,3)16(12-22)21-17(23)20-13-5-4-6-15(11-13)24-14-7-9-19-10-8-14/h4-11,16,22H,12H2,1-3H3,(H2,20,21,23). The second kappa shape index (κ2) is 7.79. The van der Waals surface area contributed by atoms with Crippen molar-refractivity contribution in [3.63, 3.8) is 0 Å². The number of ether oxygens (including phenoxy) is 1. The number of anilines is 1. The lowest BCUT2D eigenvalue weighted by Gasteiger charge is -2.29. The van der Waals surface area contributed by atoms with Crippen LogP contribution in [0.3, 0.4) is 0 Å². The fourth-order valence-electron chi connectivity index (χ4n) is 2.04. The van der Waals surface area contributed by atoms with Crippen molar-refractivity contribution >= 4 is 11.7 Å². The summed E-state index contributed by atoms with van der Waals surface area (Å²) in [5.41, 5.74) is 0.364. The van der Waals surface area contributed by atoms with E-state index >= 15 is 0 Å². The van der Waals surface area contributed by atoms with Crippen LogP contribution in [0.1, 0.15) is 20.8 Å². The summed E-state index contributed by atoms with van der Waals surface area (Å²) in [5, 5.41) is 14.9. The number of urea groups is 1. The summed E-state index contributed by atoms with van der Waals surface area (Å²) in [6, 6.07) is 9.88. The molecule has 0 aliphatic carbocycles. The lowest BCUT2D eigenvalue weighted by molar-refractivity contribution is 0.162. The molecule has 0 fully saturated rings. The molecular weight excluding hydrogens is 306 g/mol. The Bertz CT molecular complexity index is 669. The minimum Gasteiger partial charge on any atom is -0.457 e. The van der Waals surface area contributed by atoms with Gasteiger partial charge in [-0.2, -0.15) is 0 Å². The first-order chi connectivity index (χ1) is 11.4. The van der Waals surface area contributed by atoms with Crippen molar-refractivity contribution in [2.45, 2.75) is 26.8 Å². The number of amides is 2. The fourth-order valence-corrected chi connectivity index (χ4v) is 2.04. The molecule has 24 heavy (non-hydrogen) atoms. The molecule has 0 aliphatic heterocycles. The highest BCUT2D eigenvalue weighted by Gasteiger charge is 2.25. The topological polar surface area (TPSA) is 83.5 Å².